The van der Waals surface area contributed by atoms with Crippen molar-refractivity contribution in [2.75, 3.05) is 7.05 Å². The van der Waals surface area contributed by atoms with Gasteiger partial charge in [-0.05, 0) is 30.2 Å². The molecular formula is C18H16N4O. The minimum absolute atomic E-state index is 0.0159. The smallest absolute Gasteiger partial charge is 0.272 e. The fraction of sp³-hybridized carbons (Fsp3) is 0.167. The van der Waals surface area contributed by atoms with Gasteiger partial charge in [0.05, 0.1) is 18.2 Å². The summed E-state index contributed by atoms with van der Waals surface area (Å²) in [6.45, 7) is 2.59. The van der Waals surface area contributed by atoms with Crippen LogP contribution in [0.3, 0.4) is 0 Å². The monoisotopic (exact) mass is 304 g/mol. The van der Waals surface area contributed by atoms with Crippen molar-refractivity contribution >= 4 is 5.91 Å². The van der Waals surface area contributed by atoms with Crippen LogP contribution < -0.4 is 0 Å². The van der Waals surface area contributed by atoms with Gasteiger partial charge in [0, 0.05) is 31.0 Å². The molecule has 1 aromatic carbocycles. The van der Waals surface area contributed by atoms with Crippen molar-refractivity contribution in [1.82, 2.24) is 19.4 Å². The first-order valence-corrected chi connectivity index (χ1v) is 7.48. The van der Waals surface area contributed by atoms with Crippen molar-refractivity contribution in [3.8, 4) is 16.8 Å². The number of imidazole rings is 1. The van der Waals surface area contributed by atoms with E-state index in [0.717, 1.165) is 28.1 Å². The average molecular weight is 304 g/mol. The number of nitrogens with zero attached hydrogens (tertiary/aromatic N) is 4. The Morgan fingerprint density at radius 2 is 2.09 bits per heavy atom. The summed E-state index contributed by atoms with van der Waals surface area (Å²) in [5.41, 5.74) is 5.86. The first kappa shape index (κ1) is 13.7. The van der Waals surface area contributed by atoms with E-state index in [2.05, 4.69) is 34.2 Å². The molecule has 2 aromatic heterocycles. The van der Waals surface area contributed by atoms with Gasteiger partial charge >= 0.3 is 0 Å². The van der Waals surface area contributed by atoms with Gasteiger partial charge in [-0.2, -0.15) is 0 Å². The van der Waals surface area contributed by atoms with E-state index in [0.29, 0.717) is 12.2 Å². The molecule has 0 spiro atoms. The molecule has 0 saturated heterocycles. The van der Waals surface area contributed by atoms with E-state index in [1.165, 1.54) is 0 Å². The third-order valence-corrected chi connectivity index (χ3v) is 4.27. The number of aromatic nitrogens is 3. The highest BCUT2D eigenvalue weighted by molar-refractivity contribution is 5.93. The molecule has 23 heavy (non-hydrogen) atoms. The molecule has 1 aliphatic rings. The molecule has 0 bridgehead atoms. The van der Waals surface area contributed by atoms with E-state index in [9.17, 15) is 4.79 Å². The van der Waals surface area contributed by atoms with Gasteiger partial charge in [-0.15, -0.1) is 0 Å². The molecule has 0 saturated carbocycles. The number of rotatable bonds is 1. The van der Waals surface area contributed by atoms with Crippen LogP contribution in [0.2, 0.25) is 0 Å². The van der Waals surface area contributed by atoms with Crippen LogP contribution in [-0.2, 0) is 6.54 Å². The van der Waals surface area contributed by atoms with E-state index in [-0.39, 0.29) is 5.91 Å². The Balaban J connectivity index is 1.94. The van der Waals surface area contributed by atoms with Gasteiger partial charge in [0.1, 0.15) is 5.69 Å². The molecule has 3 aromatic rings. The summed E-state index contributed by atoms with van der Waals surface area (Å²) in [5, 5.41) is 0. The van der Waals surface area contributed by atoms with Crippen molar-refractivity contribution in [2.24, 2.45) is 0 Å². The molecule has 5 nitrogen and oxygen atoms in total. The van der Waals surface area contributed by atoms with Gasteiger partial charge in [-0.25, -0.2) is 4.98 Å². The Morgan fingerprint density at radius 1 is 1.22 bits per heavy atom. The molecular weight excluding hydrogens is 288 g/mol. The quantitative estimate of drug-likeness (QED) is 0.694. The molecule has 0 fully saturated rings. The van der Waals surface area contributed by atoms with Gasteiger partial charge in [0.25, 0.3) is 5.91 Å². The summed E-state index contributed by atoms with van der Waals surface area (Å²) in [6, 6.07) is 10.3. The van der Waals surface area contributed by atoms with E-state index < -0.39 is 0 Å². The molecule has 4 rings (SSSR count). The van der Waals surface area contributed by atoms with E-state index in [4.69, 9.17) is 0 Å². The molecule has 5 heteroatoms. The Bertz CT molecular complexity index is 913. The Morgan fingerprint density at radius 3 is 2.91 bits per heavy atom. The number of amides is 1. The van der Waals surface area contributed by atoms with Crippen molar-refractivity contribution in [1.29, 1.82) is 0 Å². The zero-order valence-electron chi connectivity index (χ0n) is 13.0. The van der Waals surface area contributed by atoms with Crippen molar-refractivity contribution < 1.29 is 4.79 Å². The summed E-state index contributed by atoms with van der Waals surface area (Å²) in [6.07, 6.45) is 5.12. The number of carbonyl (C=O) groups excluding carboxylic acids is 1. The third kappa shape index (κ3) is 2.12. The second kappa shape index (κ2) is 5.05. The number of carbonyl (C=O) groups is 1. The number of hydrogen-bond donors (Lipinski definition) is 0. The average Bonchev–Trinajstić information content (AvgIpc) is 3.01. The number of pyridine rings is 1. The van der Waals surface area contributed by atoms with Crippen molar-refractivity contribution in [3.05, 3.63) is 66.0 Å². The lowest BCUT2D eigenvalue weighted by atomic mass is 10.0. The van der Waals surface area contributed by atoms with Crippen LogP contribution in [0.4, 0.5) is 0 Å². The maximum absolute atomic E-state index is 12.4. The first-order valence-electron chi connectivity index (χ1n) is 7.48. The van der Waals surface area contributed by atoms with Gasteiger partial charge < -0.3 is 4.90 Å². The second-order valence-corrected chi connectivity index (χ2v) is 5.79. The topological polar surface area (TPSA) is 51.0 Å². The molecule has 0 atom stereocenters. The van der Waals surface area contributed by atoms with Crippen LogP contribution in [-0.4, -0.2) is 32.4 Å². The SMILES string of the molecule is Cc1ncccc1-c1ccc2c(c1)-n1cncc1C(=O)N(C)C2. The Labute approximate surface area is 134 Å². The minimum atomic E-state index is -0.0159. The lowest BCUT2D eigenvalue weighted by Crippen LogP contribution is -2.25. The van der Waals surface area contributed by atoms with Crippen molar-refractivity contribution in [3.63, 3.8) is 0 Å². The number of benzene rings is 1. The molecule has 1 aliphatic heterocycles. The highest BCUT2D eigenvalue weighted by Gasteiger charge is 2.24. The van der Waals surface area contributed by atoms with Crippen LogP contribution in [0.1, 0.15) is 21.7 Å². The normalized spacial score (nSPS) is 13.5. The predicted molar refractivity (Wildman–Crippen MR) is 87.3 cm³/mol. The zero-order valence-corrected chi connectivity index (χ0v) is 13.0. The summed E-state index contributed by atoms with van der Waals surface area (Å²) >= 11 is 0. The first-order chi connectivity index (χ1) is 11.1. The van der Waals surface area contributed by atoms with E-state index in [1.54, 1.807) is 23.6 Å². The van der Waals surface area contributed by atoms with Crippen LogP contribution in [0.5, 0.6) is 0 Å². The number of fused-ring (bicyclic) bond motifs is 3. The zero-order chi connectivity index (χ0) is 16.0. The molecule has 114 valence electrons. The van der Waals surface area contributed by atoms with Crippen LogP contribution in [0.15, 0.2) is 49.1 Å². The minimum Gasteiger partial charge on any atom is -0.336 e. The lowest BCUT2D eigenvalue weighted by Gasteiger charge is -2.14. The van der Waals surface area contributed by atoms with Gasteiger partial charge in [-0.1, -0.05) is 18.2 Å². The molecule has 0 unspecified atom stereocenters. The molecule has 0 N–H and O–H groups in total. The highest BCUT2D eigenvalue weighted by atomic mass is 16.2. The fourth-order valence-electron chi connectivity index (χ4n) is 3.05. The van der Waals surface area contributed by atoms with Crippen molar-refractivity contribution in [2.45, 2.75) is 13.5 Å². The molecule has 1 amide bonds. The van der Waals surface area contributed by atoms with Crippen LogP contribution in [0, 0.1) is 6.92 Å². The van der Waals surface area contributed by atoms with E-state index in [1.807, 2.05) is 24.6 Å². The van der Waals surface area contributed by atoms with Gasteiger partial charge in [-0.3, -0.25) is 14.3 Å². The summed E-state index contributed by atoms with van der Waals surface area (Å²) < 4.78 is 1.87. The number of aryl methyl sites for hydroxylation is 1. The Hall–Kier alpha value is -2.95. The third-order valence-electron chi connectivity index (χ3n) is 4.27. The highest BCUT2D eigenvalue weighted by Crippen LogP contribution is 2.29. The van der Waals surface area contributed by atoms with E-state index >= 15 is 0 Å². The Kier molecular flexibility index (Phi) is 3.01. The summed E-state index contributed by atoms with van der Waals surface area (Å²) in [7, 11) is 1.81. The summed E-state index contributed by atoms with van der Waals surface area (Å²) in [5.74, 6) is -0.0159. The molecule has 0 radical (unpaired) electrons. The summed E-state index contributed by atoms with van der Waals surface area (Å²) in [4.78, 5) is 22.7. The standard InChI is InChI=1S/C18H16N4O/c1-12-15(4-3-7-20-12)13-5-6-14-10-21(2)18(23)17-9-19-11-22(17)16(14)8-13/h3-9,11H,10H2,1-2H3. The van der Waals surface area contributed by atoms with Crippen LogP contribution >= 0.6 is 0 Å². The maximum atomic E-state index is 12.4. The second-order valence-electron chi connectivity index (χ2n) is 5.79. The van der Waals surface area contributed by atoms with Gasteiger partial charge in [0.15, 0.2) is 0 Å². The lowest BCUT2D eigenvalue weighted by molar-refractivity contribution is 0.0782. The molecule has 3 heterocycles. The maximum Gasteiger partial charge on any atom is 0.272 e. The largest absolute Gasteiger partial charge is 0.336 e. The fourth-order valence-corrected chi connectivity index (χ4v) is 3.05. The predicted octanol–water partition coefficient (Wildman–Crippen LogP) is 2.83. The number of hydrogen-bond acceptors (Lipinski definition) is 3. The van der Waals surface area contributed by atoms with Gasteiger partial charge in [0.2, 0.25) is 0 Å². The molecule has 0 aliphatic carbocycles. The van der Waals surface area contributed by atoms with Crippen LogP contribution in [0.25, 0.3) is 16.8 Å².